The molecule has 2 aromatic rings. The van der Waals surface area contributed by atoms with E-state index < -0.39 is 12.1 Å². The summed E-state index contributed by atoms with van der Waals surface area (Å²) in [6, 6.07) is 15.8. The van der Waals surface area contributed by atoms with E-state index in [-0.39, 0.29) is 30.6 Å². The largest absolute Gasteiger partial charge is 0.449 e. The molecule has 2 saturated heterocycles. The molecule has 0 aromatic heterocycles. The lowest BCUT2D eigenvalue weighted by Gasteiger charge is -2.20. The van der Waals surface area contributed by atoms with Gasteiger partial charge in [0.1, 0.15) is 18.8 Å². The summed E-state index contributed by atoms with van der Waals surface area (Å²) in [6.07, 6.45) is -0.159. The SMILES string of the molecule is C=C1NC2C[C@H](NC(=O)OCC3c4ccccc4-c4ccccc43)C(=O)N2[C@H]1C. The van der Waals surface area contributed by atoms with Crippen molar-refractivity contribution in [2.24, 2.45) is 0 Å². The highest BCUT2D eigenvalue weighted by Crippen LogP contribution is 2.44. The number of hydrogen-bond acceptors (Lipinski definition) is 4. The van der Waals surface area contributed by atoms with E-state index in [1.807, 2.05) is 31.2 Å². The van der Waals surface area contributed by atoms with Crippen molar-refractivity contribution in [2.45, 2.75) is 37.5 Å². The highest BCUT2D eigenvalue weighted by atomic mass is 16.5. The number of ether oxygens (including phenoxy) is 1. The van der Waals surface area contributed by atoms with Crippen LogP contribution in [0.25, 0.3) is 11.1 Å². The van der Waals surface area contributed by atoms with Crippen LogP contribution in [0.15, 0.2) is 60.8 Å². The Morgan fingerprint density at radius 2 is 1.79 bits per heavy atom. The van der Waals surface area contributed by atoms with Gasteiger partial charge in [-0.15, -0.1) is 0 Å². The molecule has 148 valence electrons. The lowest BCUT2D eigenvalue weighted by atomic mass is 9.98. The van der Waals surface area contributed by atoms with Gasteiger partial charge in [-0.2, -0.15) is 0 Å². The van der Waals surface area contributed by atoms with Crippen LogP contribution in [0.3, 0.4) is 0 Å². The first kappa shape index (κ1) is 17.8. The fourth-order valence-corrected chi connectivity index (χ4v) is 4.77. The number of nitrogens with zero attached hydrogens (tertiary/aromatic N) is 1. The molecule has 1 aliphatic carbocycles. The fraction of sp³-hybridized carbons (Fsp3) is 0.304. The number of hydrogen-bond donors (Lipinski definition) is 2. The molecule has 6 nitrogen and oxygen atoms in total. The second-order valence-electron chi connectivity index (χ2n) is 7.87. The van der Waals surface area contributed by atoms with Crippen LogP contribution >= 0.6 is 0 Å². The van der Waals surface area contributed by atoms with Crippen molar-refractivity contribution < 1.29 is 14.3 Å². The second-order valence-corrected chi connectivity index (χ2v) is 7.87. The van der Waals surface area contributed by atoms with Gasteiger partial charge < -0.3 is 20.3 Å². The summed E-state index contributed by atoms with van der Waals surface area (Å²) in [5, 5.41) is 5.96. The standard InChI is InChI=1S/C23H23N3O3/c1-13-14(2)26-21(24-13)11-20(22(26)27)25-23(28)29-12-19-17-9-5-3-7-15(17)16-8-4-6-10-18(16)19/h3-10,14,19-21,24H,1,11-12H2,2H3,(H,25,28)/t14-,20-,21?/m0/s1. The molecule has 2 fully saturated rings. The van der Waals surface area contributed by atoms with Crippen molar-refractivity contribution in [2.75, 3.05) is 6.61 Å². The molecule has 2 heterocycles. The summed E-state index contributed by atoms with van der Waals surface area (Å²) in [4.78, 5) is 26.8. The maximum Gasteiger partial charge on any atom is 0.407 e. The van der Waals surface area contributed by atoms with E-state index in [0.29, 0.717) is 6.42 Å². The Labute approximate surface area is 169 Å². The van der Waals surface area contributed by atoms with Crippen LogP contribution in [0.5, 0.6) is 0 Å². The van der Waals surface area contributed by atoms with Gasteiger partial charge >= 0.3 is 6.09 Å². The summed E-state index contributed by atoms with van der Waals surface area (Å²) < 4.78 is 5.56. The third-order valence-electron chi connectivity index (χ3n) is 6.26. The van der Waals surface area contributed by atoms with Gasteiger partial charge in [0.05, 0.1) is 6.04 Å². The van der Waals surface area contributed by atoms with Gasteiger partial charge in [0.25, 0.3) is 0 Å². The van der Waals surface area contributed by atoms with Crippen molar-refractivity contribution >= 4 is 12.0 Å². The first-order valence-electron chi connectivity index (χ1n) is 9.93. The first-order valence-corrected chi connectivity index (χ1v) is 9.93. The third kappa shape index (κ3) is 2.78. The van der Waals surface area contributed by atoms with Crippen LogP contribution in [0, 0.1) is 0 Å². The first-order chi connectivity index (χ1) is 14.0. The van der Waals surface area contributed by atoms with E-state index in [2.05, 4.69) is 41.5 Å². The smallest absolute Gasteiger partial charge is 0.407 e. The number of alkyl carbamates (subject to hydrolysis) is 1. The predicted molar refractivity (Wildman–Crippen MR) is 109 cm³/mol. The van der Waals surface area contributed by atoms with Gasteiger partial charge in [-0.25, -0.2) is 4.79 Å². The number of benzene rings is 2. The minimum atomic E-state index is -0.571. The molecule has 2 aromatic carbocycles. The molecule has 6 heteroatoms. The number of rotatable bonds is 3. The van der Waals surface area contributed by atoms with Crippen molar-refractivity contribution in [1.29, 1.82) is 0 Å². The van der Waals surface area contributed by atoms with Crippen LogP contribution in [0.4, 0.5) is 4.79 Å². The van der Waals surface area contributed by atoms with Crippen LogP contribution in [0.2, 0.25) is 0 Å². The zero-order valence-corrected chi connectivity index (χ0v) is 16.2. The number of amides is 2. The van der Waals surface area contributed by atoms with Crippen LogP contribution in [-0.4, -0.2) is 41.8 Å². The van der Waals surface area contributed by atoms with Crippen LogP contribution in [-0.2, 0) is 9.53 Å². The monoisotopic (exact) mass is 389 g/mol. The minimum Gasteiger partial charge on any atom is -0.449 e. The molecule has 0 saturated carbocycles. The van der Waals surface area contributed by atoms with Crippen molar-refractivity contribution in [3.63, 3.8) is 0 Å². The predicted octanol–water partition coefficient (Wildman–Crippen LogP) is 2.96. The van der Waals surface area contributed by atoms with Gasteiger partial charge in [0, 0.05) is 18.0 Å². The molecule has 0 bridgehead atoms. The van der Waals surface area contributed by atoms with Gasteiger partial charge in [-0.1, -0.05) is 55.1 Å². The zero-order valence-electron chi connectivity index (χ0n) is 16.2. The molecule has 5 rings (SSSR count). The molecule has 3 atom stereocenters. The molecule has 3 aliphatic rings. The van der Waals surface area contributed by atoms with E-state index in [1.54, 1.807) is 4.90 Å². The summed E-state index contributed by atoms with van der Waals surface area (Å²) in [5.41, 5.74) is 5.53. The van der Waals surface area contributed by atoms with Gasteiger partial charge in [0.2, 0.25) is 5.91 Å². The molecule has 2 aliphatic heterocycles. The molecule has 29 heavy (non-hydrogen) atoms. The van der Waals surface area contributed by atoms with E-state index in [1.165, 1.54) is 11.1 Å². The van der Waals surface area contributed by atoms with E-state index in [0.717, 1.165) is 16.8 Å². The zero-order chi connectivity index (χ0) is 20.1. The molecule has 0 radical (unpaired) electrons. The van der Waals surface area contributed by atoms with E-state index in [4.69, 9.17) is 4.74 Å². The Kier molecular flexibility index (Phi) is 4.08. The summed E-state index contributed by atoms with van der Waals surface area (Å²) in [7, 11) is 0. The number of carbonyl (C=O) groups excluding carboxylic acids is 2. The fourth-order valence-electron chi connectivity index (χ4n) is 4.77. The van der Waals surface area contributed by atoms with Crippen molar-refractivity contribution in [3.05, 3.63) is 71.9 Å². The van der Waals surface area contributed by atoms with Crippen LogP contribution < -0.4 is 10.6 Å². The minimum absolute atomic E-state index is 0.000531. The molecule has 2 N–H and O–H groups in total. The average Bonchev–Trinajstić information content (AvgIpc) is 3.30. The molecule has 2 amide bonds. The summed E-state index contributed by atoms with van der Waals surface area (Å²) in [6.45, 7) is 6.10. The number of nitrogens with one attached hydrogen (secondary N) is 2. The Balaban J connectivity index is 1.25. The summed E-state index contributed by atoms with van der Waals surface area (Å²) >= 11 is 0. The Bertz CT molecular complexity index is 972. The van der Waals surface area contributed by atoms with Gasteiger partial charge in [-0.3, -0.25) is 4.79 Å². The average molecular weight is 389 g/mol. The third-order valence-corrected chi connectivity index (χ3v) is 6.26. The van der Waals surface area contributed by atoms with E-state index in [9.17, 15) is 9.59 Å². The summed E-state index contributed by atoms with van der Waals surface area (Å²) in [5.74, 6) is -0.0947. The topological polar surface area (TPSA) is 70.7 Å². The Hall–Kier alpha value is -3.28. The lowest BCUT2D eigenvalue weighted by molar-refractivity contribution is -0.130. The number of carbonyl (C=O) groups is 2. The number of fused-ring (bicyclic) bond motifs is 4. The molecule has 1 unspecified atom stereocenters. The van der Waals surface area contributed by atoms with Gasteiger partial charge in [-0.05, 0) is 29.2 Å². The molecular formula is C23H23N3O3. The maximum atomic E-state index is 12.6. The van der Waals surface area contributed by atoms with Gasteiger partial charge in [0.15, 0.2) is 0 Å². The van der Waals surface area contributed by atoms with Crippen molar-refractivity contribution in [3.8, 4) is 11.1 Å². The van der Waals surface area contributed by atoms with E-state index >= 15 is 0 Å². The van der Waals surface area contributed by atoms with Crippen LogP contribution in [0.1, 0.15) is 30.4 Å². The molecular weight excluding hydrogens is 366 g/mol. The quantitative estimate of drug-likeness (QED) is 0.847. The lowest BCUT2D eigenvalue weighted by Crippen LogP contribution is -2.43. The second kappa shape index (κ2) is 6.65. The highest BCUT2D eigenvalue weighted by molar-refractivity contribution is 5.89. The normalized spacial score (nSPS) is 24.7. The Morgan fingerprint density at radius 1 is 1.17 bits per heavy atom. The molecule has 0 spiro atoms. The highest BCUT2D eigenvalue weighted by Gasteiger charge is 2.47. The maximum absolute atomic E-state index is 12.6. The Morgan fingerprint density at radius 3 is 2.41 bits per heavy atom. The van der Waals surface area contributed by atoms with Crippen molar-refractivity contribution in [1.82, 2.24) is 15.5 Å².